The van der Waals surface area contributed by atoms with E-state index in [4.69, 9.17) is 19.4 Å². The smallest absolute Gasteiger partial charge is 0.167 e. The van der Waals surface area contributed by atoms with Crippen molar-refractivity contribution < 1.29 is 4.42 Å². The molecule has 0 aliphatic heterocycles. The van der Waals surface area contributed by atoms with Gasteiger partial charge in [-0.15, -0.1) is 0 Å². The summed E-state index contributed by atoms with van der Waals surface area (Å²) < 4.78 is 9.08. The minimum atomic E-state index is 0.535. The van der Waals surface area contributed by atoms with Crippen LogP contribution in [0.15, 0.2) is 168 Å². The zero-order chi connectivity index (χ0) is 33.0. The summed E-state index contributed by atoms with van der Waals surface area (Å²) in [5.74, 6) is 1.66. The summed E-state index contributed by atoms with van der Waals surface area (Å²) in [5, 5.41) is 4.42. The second kappa shape index (κ2) is 11.4. The van der Waals surface area contributed by atoms with Gasteiger partial charge in [-0.25, -0.2) is 15.0 Å². The van der Waals surface area contributed by atoms with E-state index in [9.17, 15) is 0 Å². The van der Waals surface area contributed by atoms with Crippen LogP contribution in [0.5, 0.6) is 0 Å². The lowest BCUT2D eigenvalue weighted by molar-refractivity contribution is 0.670. The minimum Gasteiger partial charge on any atom is -0.455 e. The third-order valence-electron chi connectivity index (χ3n) is 9.33. The highest BCUT2D eigenvalue weighted by atomic mass is 16.3. The molecule has 4 aromatic heterocycles. The van der Waals surface area contributed by atoms with Crippen LogP contribution in [-0.4, -0.2) is 24.5 Å². The van der Waals surface area contributed by atoms with E-state index in [-0.39, 0.29) is 0 Å². The maximum Gasteiger partial charge on any atom is 0.167 e. The van der Waals surface area contributed by atoms with Gasteiger partial charge in [-0.1, -0.05) is 97.1 Å². The summed E-state index contributed by atoms with van der Waals surface area (Å²) in [7, 11) is 0. The maximum absolute atomic E-state index is 6.78. The van der Waals surface area contributed by atoms with Crippen molar-refractivity contribution >= 4 is 43.7 Å². The lowest BCUT2D eigenvalue weighted by Crippen LogP contribution is -2.00. The molecule has 0 unspecified atom stereocenters. The summed E-state index contributed by atoms with van der Waals surface area (Å²) >= 11 is 0. The molecule has 0 atom stereocenters. The number of para-hydroxylation sites is 3. The number of aromatic nitrogens is 5. The van der Waals surface area contributed by atoms with Crippen LogP contribution in [0.4, 0.5) is 0 Å². The highest BCUT2D eigenvalue weighted by Gasteiger charge is 2.20. The van der Waals surface area contributed by atoms with Crippen LogP contribution in [0.25, 0.3) is 94.7 Å². The third-order valence-corrected chi connectivity index (χ3v) is 9.33. The monoisotopic (exact) mass is 641 g/mol. The summed E-state index contributed by atoms with van der Waals surface area (Å²) in [6, 6.07) is 52.1. The first kappa shape index (κ1) is 28.1. The molecule has 50 heavy (non-hydrogen) atoms. The number of furan rings is 1. The maximum atomic E-state index is 6.78. The summed E-state index contributed by atoms with van der Waals surface area (Å²) in [6.45, 7) is 0. The van der Waals surface area contributed by atoms with Gasteiger partial charge in [-0.3, -0.25) is 4.98 Å². The van der Waals surface area contributed by atoms with Crippen LogP contribution in [-0.2, 0) is 0 Å². The molecule has 0 N–H and O–H groups in total. The van der Waals surface area contributed by atoms with Crippen molar-refractivity contribution in [3.8, 4) is 51.0 Å². The molecule has 0 bridgehead atoms. The van der Waals surface area contributed by atoms with Gasteiger partial charge in [0.05, 0.1) is 16.6 Å². The number of pyridine rings is 1. The van der Waals surface area contributed by atoms with Crippen molar-refractivity contribution in [1.29, 1.82) is 0 Å². The molecule has 10 rings (SSSR count). The molecule has 6 aromatic carbocycles. The van der Waals surface area contributed by atoms with Crippen molar-refractivity contribution in [2.45, 2.75) is 0 Å². The Hall–Kier alpha value is -6.92. The van der Waals surface area contributed by atoms with Crippen molar-refractivity contribution in [3.05, 3.63) is 164 Å². The Morgan fingerprint density at radius 2 is 1.12 bits per heavy atom. The third kappa shape index (κ3) is 4.58. The van der Waals surface area contributed by atoms with Gasteiger partial charge in [0.1, 0.15) is 11.2 Å². The van der Waals surface area contributed by atoms with E-state index >= 15 is 0 Å². The predicted octanol–water partition coefficient (Wildman–Crippen LogP) is 10.9. The molecule has 0 fully saturated rings. The Labute approximate surface area is 287 Å². The fourth-order valence-electron chi connectivity index (χ4n) is 7.01. The Morgan fingerprint density at radius 1 is 0.440 bits per heavy atom. The highest BCUT2D eigenvalue weighted by Crippen LogP contribution is 2.41. The van der Waals surface area contributed by atoms with Crippen LogP contribution < -0.4 is 0 Å². The standard InChI is InChI=1S/C44H27N5O/c1-3-12-28(13-4-1)29-14-9-15-30(24-29)42-46-43(31-16-11-23-45-27-31)48-44(47-42)35-21-10-20-34-37-25-36-33-19-7-8-22-38(33)49(32-17-5-2-6-18-32)39(36)26-40(37)50-41(34)35/h1-27H. The topological polar surface area (TPSA) is 69.6 Å². The molecule has 10 aromatic rings. The van der Waals surface area contributed by atoms with Gasteiger partial charge in [-0.05, 0) is 59.7 Å². The SMILES string of the molecule is c1ccc(-c2cccc(-c3nc(-c4cccnc4)nc(-c4cccc5c4oc4cc6c(cc45)c4ccccc4n6-c4ccccc4)n3)c2)cc1. The van der Waals surface area contributed by atoms with Crippen LogP contribution in [0.3, 0.4) is 0 Å². The molecule has 0 saturated heterocycles. The van der Waals surface area contributed by atoms with Crippen LogP contribution in [0.2, 0.25) is 0 Å². The van der Waals surface area contributed by atoms with Crippen LogP contribution in [0, 0.1) is 0 Å². The normalized spacial score (nSPS) is 11.6. The van der Waals surface area contributed by atoms with E-state index in [1.54, 1.807) is 12.4 Å². The van der Waals surface area contributed by atoms with E-state index in [0.29, 0.717) is 17.5 Å². The molecule has 4 heterocycles. The lowest BCUT2D eigenvalue weighted by Gasteiger charge is -2.09. The van der Waals surface area contributed by atoms with Gasteiger partial charge >= 0.3 is 0 Å². The number of hydrogen-bond acceptors (Lipinski definition) is 5. The molecule has 0 amide bonds. The predicted molar refractivity (Wildman–Crippen MR) is 201 cm³/mol. The molecular formula is C44H27N5O. The van der Waals surface area contributed by atoms with Crippen molar-refractivity contribution in [2.24, 2.45) is 0 Å². The first-order chi connectivity index (χ1) is 24.8. The molecule has 0 radical (unpaired) electrons. The molecule has 0 saturated carbocycles. The first-order valence-corrected chi connectivity index (χ1v) is 16.5. The Balaban J connectivity index is 1.20. The first-order valence-electron chi connectivity index (χ1n) is 16.5. The molecule has 0 aliphatic carbocycles. The number of fused-ring (bicyclic) bond motifs is 6. The zero-order valence-corrected chi connectivity index (χ0v) is 26.7. The van der Waals surface area contributed by atoms with Crippen LogP contribution in [0.1, 0.15) is 0 Å². The van der Waals surface area contributed by atoms with Gasteiger partial charge in [0.25, 0.3) is 0 Å². The summed E-state index contributed by atoms with van der Waals surface area (Å²) in [5.41, 5.74) is 9.61. The second-order valence-electron chi connectivity index (χ2n) is 12.3. The molecule has 0 aliphatic rings. The number of benzene rings is 6. The molecule has 0 spiro atoms. The minimum absolute atomic E-state index is 0.535. The highest BCUT2D eigenvalue weighted by molar-refractivity contribution is 6.18. The number of hydrogen-bond donors (Lipinski definition) is 0. The van der Waals surface area contributed by atoms with E-state index in [1.807, 2.05) is 60.7 Å². The van der Waals surface area contributed by atoms with E-state index in [2.05, 4.69) is 101 Å². The molecule has 6 nitrogen and oxygen atoms in total. The van der Waals surface area contributed by atoms with Crippen molar-refractivity contribution in [3.63, 3.8) is 0 Å². The zero-order valence-electron chi connectivity index (χ0n) is 26.7. The lowest BCUT2D eigenvalue weighted by atomic mass is 10.0. The van der Waals surface area contributed by atoms with Gasteiger partial charge < -0.3 is 8.98 Å². The number of rotatable bonds is 5. The molecule has 234 valence electrons. The van der Waals surface area contributed by atoms with E-state index < -0.39 is 0 Å². The average Bonchev–Trinajstić information content (AvgIpc) is 3.72. The molecular weight excluding hydrogens is 615 g/mol. The average molecular weight is 642 g/mol. The fourth-order valence-corrected chi connectivity index (χ4v) is 7.01. The number of nitrogens with zero attached hydrogens (tertiary/aromatic N) is 5. The Bertz CT molecular complexity index is 2860. The van der Waals surface area contributed by atoms with E-state index in [1.165, 1.54) is 10.8 Å². The summed E-state index contributed by atoms with van der Waals surface area (Å²) in [6.07, 6.45) is 3.53. The van der Waals surface area contributed by atoms with Crippen molar-refractivity contribution in [1.82, 2.24) is 24.5 Å². The Morgan fingerprint density at radius 3 is 1.96 bits per heavy atom. The second-order valence-corrected chi connectivity index (χ2v) is 12.3. The summed E-state index contributed by atoms with van der Waals surface area (Å²) in [4.78, 5) is 19.4. The van der Waals surface area contributed by atoms with Crippen LogP contribution >= 0.6 is 0 Å². The van der Waals surface area contributed by atoms with Gasteiger partial charge in [-0.2, -0.15) is 0 Å². The fraction of sp³-hybridized carbons (Fsp3) is 0. The van der Waals surface area contributed by atoms with Gasteiger partial charge in [0.15, 0.2) is 17.5 Å². The molecule has 6 heteroatoms. The largest absolute Gasteiger partial charge is 0.455 e. The van der Waals surface area contributed by atoms with Crippen molar-refractivity contribution in [2.75, 3.05) is 0 Å². The van der Waals surface area contributed by atoms with Gasteiger partial charge in [0, 0.05) is 56.8 Å². The Kier molecular flexibility index (Phi) is 6.39. The van der Waals surface area contributed by atoms with E-state index in [0.717, 1.165) is 66.5 Å². The van der Waals surface area contributed by atoms with Gasteiger partial charge in [0.2, 0.25) is 0 Å². The quantitative estimate of drug-likeness (QED) is 0.187.